The Morgan fingerprint density at radius 3 is 2.50 bits per heavy atom. The summed E-state index contributed by atoms with van der Waals surface area (Å²) in [6.45, 7) is 3.93. The molecule has 0 radical (unpaired) electrons. The van der Waals surface area contributed by atoms with Crippen molar-refractivity contribution in [3.05, 3.63) is 51.7 Å². The Balaban J connectivity index is 2.28. The van der Waals surface area contributed by atoms with Crippen LogP contribution in [0.15, 0.2) is 41.5 Å². The average Bonchev–Trinajstić information content (AvgIpc) is 3.09. The highest BCUT2D eigenvalue weighted by Crippen LogP contribution is 2.27. The van der Waals surface area contributed by atoms with Crippen molar-refractivity contribution in [3.63, 3.8) is 0 Å². The fourth-order valence-electron chi connectivity index (χ4n) is 2.13. The SMILES string of the molecule is CCOC(=O)NN=C(c1ccc(OC(F)(F)F)cc1)c1ccc(CSCC)s1. The molecule has 0 aliphatic rings. The molecule has 0 bridgehead atoms. The minimum absolute atomic E-state index is 0.192. The minimum atomic E-state index is -4.76. The molecule has 5 nitrogen and oxygen atoms in total. The normalized spacial score (nSPS) is 12.0. The summed E-state index contributed by atoms with van der Waals surface area (Å²) in [5.74, 6) is 1.50. The lowest BCUT2D eigenvalue weighted by Gasteiger charge is -2.10. The van der Waals surface area contributed by atoms with Crippen LogP contribution in [0.1, 0.15) is 29.2 Å². The summed E-state index contributed by atoms with van der Waals surface area (Å²) in [5, 5.41) is 4.11. The predicted octanol–water partition coefficient (Wildman–Crippen LogP) is 5.40. The van der Waals surface area contributed by atoms with E-state index in [1.165, 1.54) is 35.6 Å². The van der Waals surface area contributed by atoms with Crippen molar-refractivity contribution < 1.29 is 27.4 Å². The summed E-state index contributed by atoms with van der Waals surface area (Å²) >= 11 is 3.27. The molecular weight excluding hydrogens is 413 g/mol. The number of hydrogen-bond acceptors (Lipinski definition) is 6. The number of benzene rings is 1. The molecule has 28 heavy (non-hydrogen) atoms. The van der Waals surface area contributed by atoms with Crippen LogP contribution in [0.2, 0.25) is 0 Å². The summed E-state index contributed by atoms with van der Waals surface area (Å²) in [7, 11) is 0. The quantitative estimate of drug-likeness (QED) is 0.448. The fraction of sp³-hybridized carbons (Fsp3) is 0.333. The predicted molar refractivity (Wildman–Crippen MR) is 105 cm³/mol. The number of rotatable bonds is 8. The van der Waals surface area contributed by atoms with Crippen LogP contribution in [0.25, 0.3) is 0 Å². The second-order valence-corrected chi connectivity index (χ2v) is 7.71. The van der Waals surface area contributed by atoms with Gasteiger partial charge >= 0.3 is 12.5 Å². The second kappa shape index (κ2) is 10.4. The molecule has 0 spiro atoms. The number of ether oxygens (including phenoxy) is 2. The molecule has 0 saturated heterocycles. The van der Waals surface area contributed by atoms with E-state index in [-0.39, 0.29) is 12.4 Å². The number of thioether (sulfide) groups is 1. The van der Waals surface area contributed by atoms with Crippen molar-refractivity contribution in [2.75, 3.05) is 12.4 Å². The van der Waals surface area contributed by atoms with Gasteiger partial charge in [0.05, 0.1) is 11.5 Å². The Morgan fingerprint density at radius 1 is 1.18 bits per heavy atom. The Bertz CT molecular complexity index is 805. The zero-order valence-corrected chi connectivity index (χ0v) is 16.8. The molecule has 1 amide bonds. The highest BCUT2D eigenvalue weighted by atomic mass is 32.2. The maximum Gasteiger partial charge on any atom is 0.573 e. The van der Waals surface area contributed by atoms with E-state index in [0.29, 0.717) is 11.3 Å². The molecule has 2 rings (SSSR count). The third-order valence-corrected chi connectivity index (χ3v) is 5.44. The van der Waals surface area contributed by atoms with Crippen molar-refractivity contribution in [2.24, 2.45) is 5.10 Å². The third kappa shape index (κ3) is 7.08. The van der Waals surface area contributed by atoms with Gasteiger partial charge in [-0.05, 0) is 49.1 Å². The van der Waals surface area contributed by atoms with Crippen LogP contribution < -0.4 is 10.2 Å². The van der Waals surface area contributed by atoms with Crippen LogP contribution in [-0.4, -0.2) is 30.5 Å². The summed E-state index contributed by atoms with van der Waals surface area (Å²) in [6.07, 6.45) is -5.47. The highest BCUT2D eigenvalue weighted by molar-refractivity contribution is 7.98. The Hall–Kier alpha value is -2.20. The third-order valence-electron chi connectivity index (χ3n) is 3.24. The van der Waals surface area contributed by atoms with E-state index in [2.05, 4.69) is 22.2 Å². The monoisotopic (exact) mass is 432 g/mol. The smallest absolute Gasteiger partial charge is 0.449 e. The van der Waals surface area contributed by atoms with E-state index in [1.54, 1.807) is 18.7 Å². The number of carbonyl (C=O) groups excluding carboxylic acids is 1. The topological polar surface area (TPSA) is 59.9 Å². The van der Waals surface area contributed by atoms with Gasteiger partial charge in [0.1, 0.15) is 11.5 Å². The van der Waals surface area contributed by atoms with Crippen molar-refractivity contribution in [1.29, 1.82) is 0 Å². The van der Waals surface area contributed by atoms with Gasteiger partial charge in [-0.15, -0.1) is 24.5 Å². The van der Waals surface area contributed by atoms with Crippen LogP contribution in [0.4, 0.5) is 18.0 Å². The van der Waals surface area contributed by atoms with E-state index in [9.17, 15) is 18.0 Å². The molecule has 0 fully saturated rings. The number of hydrogen-bond donors (Lipinski definition) is 1. The molecular formula is C18H19F3N2O3S2. The van der Waals surface area contributed by atoms with Gasteiger partial charge in [0, 0.05) is 16.2 Å². The lowest BCUT2D eigenvalue weighted by atomic mass is 10.1. The first-order valence-corrected chi connectivity index (χ1v) is 10.3. The zero-order chi connectivity index (χ0) is 20.6. The van der Waals surface area contributed by atoms with E-state index < -0.39 is 12.5 Å². The number of nitrogens with one attached hydrogen (secondary N) is 1. The first-order valence-electron chi connectivity index (χ1n) is 8.35. The number of alkyl halides is 3. The lowest BCUT2D eigenvalue weighted by Crippen LogP contribution is -2.21. The highest BCUT2D eigenvalue weighted by Gasteiger charge is 2.31. The number of amides is 1. The van der Waals surface area contributed by atoms with E-state index in [0.717, 1.165) is 21.3 Å². The van der Waals surface area contributed by atoms with E-state index in [1.807, 2.05) is 12.1 Å². The maximum absolute atomic E-state index is 12.3. The fourth-order valence-corrected chi connectivity index (χ4v) is 3.93. The number of carbonyl (C=O) groups is 1. The Morgan fingerprint density at radius 2 is 1.89 bits per heavy atom. The molecule has 0 aliphatic heterocycles. The molecule has 0 atom stereocenters. The molecule has 10 heteroatoms. The number of hydrazone groups is 1. The van der Waals surface area contributed by atoms with Crippen molar-refractivity contribution in [2.45, 2.75) is 26.0 Å². The van der Waals surface area contributed by atoms with Crippen LogP contribution in [-0.2, 0) is 10.5 Å². The van der Waals surface area contributed by atoms with Crippen molar-refractivity contribution >= 4 is 34.9 Å². The molecule has 0 unspecified atom stereocenters. The first-order chi connectivity index (χ1) is 13.3. The van der Waals surface area contributed by atoms with Crippen LogP contribution in [0, 0.1) is 0 Å². The summed E-state index contributed by atoms with van der Waals surface area (Å²) in [6, 6.07) is 9.12. The van der Waals surface area contributed by atoms with Gasteiger partial charge in [-0.2, -0.15) is 16.9 Å². The Kier molecular flexibility index (Phi) is 8.18. The molecule has 0 aliphatic carbocycles. The van der Waals surface area contributed by atoms with Crippen LogP contribution in [0.5, 0.6) is 5.75 Å². The molecule has 0 saturated carbocycles. The summed E-state index contributed by atoms with van der Waals surface area (Å²) in [5.41, 5.74) is 3.25. The van der Waals surface area contributed by atoms with Crippen LogP contribution >= 0.6 is 23.1 Å². The van der Waals surface area contributed by atoms with Gasteiger partial charge in [0.2, 0.25) is 0 Å². The Labute approximate surface area is 168 Å². The average molecular weight is 432 g/mol. The van der Waals surface area contributed by atoms with Gasteiger partial charge in [0.15, 0.2) is 0 Å². The molecule has 1 N–H and O–H groups in total. The largest absolute Gasteiger partial charge is 0.573 e. The lowest BCUT2D eigenvalue weighted by molar-refractivity contribution is -0.274. The second-order valence-electron chi connectivity index (χ2n) is 5.27. The number of thiophene rings is 1. The number of halogens is 3. The van der Waals surface area contributed by atoms with Crippen LogP contribution in [0.3, 0.4) is 0 Å². The molecule has 1 heterocycles. The van der Waals surface area contributed by atoms with Crippen molar-refractivity contribution in [1.82, 2.24) is 5.43 Å². The van der Waals surface area contributed by atoms with E-state index in [4.69, 9.17) is 4.74 Å². The maximum atomic E-state index is 12.3. The minimum Gasteiger partial charge on any atom is -0.449 e. The van der Waals surface area contributed by atoms with E-state index >= 15 is 0 Å². The van der Waals surface area contributed by atoms with Crippen molar-refractivity contribution in [3.8, 4) is 5.75 Å². The standard InChI is InChI=1S/C18H19F3N2O3S2/c1-3-25-17(24)23-22-16(15-10-9-14(28-15)11-27-4-2)12-5-7-13(8-6-12)26-18(19,20)21/h5-10H,3-4,11H2,1-2H3,(H,23,24). The molecule has 152 valence electrons. The van der Waals surface area contributed by atoms with Gasteiger partial charge in [-0.1, -0.05) is 6.92 Å². The van der Waals surface area contributed by atoms with Gasteiger partial charge < -0.3 is 9.47 Å². The van der Waals surface area contributed by atoms with Gasteiger partial charge in [-0.25, -0.2) is 10.2 Å². The number of nitrogens with zero attached hydrogens (tertiary/aromatic N) is 1. The summed E-state index contributed by atoms with van der Waals surface area (Å²) in [4.78, 5) is 13.5. The zero-order valence-electron chi connectivity index (χ0n) is 15.2. The first kappa shape index (κ1) is 22.1. The van der Waals surface area contributed by atoms with Gasteiger partial charge in [0.25, 0.3) is 0 Å². The van der Waals surface area contributed by atoms with Gasteiger partial charge in [-0.3, -0.25) is 0 Å². The molecule has 2 aromatic rings. The molecule has 1 aromatic heterocycles. The molecule has 1 aromatic carbocycles. The summed E-state index contributed by atoms with van der Waals surface area (Å²) < 4.78 is 45.7.